The Morgan fingerprint density at radius 1 is 1.37 bits per heavy atom. The summed E-state index contributed by atoms with van der Waals surface area (Å²) in [6.45, 7) is 2.83. The van der Waals surface area contributed by atoms with Crippen molar-refractivity contribution in [3.05, 3.63) is 53.2 Å². The highest BCUT2D eigenvalue weighted by Gasteiger charge is 2.22. The van der Waals surface area contributed by atoms with Gasteiger partial charge >= 0.3 is 0 Å². The van der Waals surface area contributed by atoms with E-state index in [1.807, 2.05) is 25.3 Å². The number of rotatable bonds is 2. The first-order valence-corrected chi connectivity index (χ1v) is 6.67. The average molecular weight is 254 g/mol. The molecule has 0 amide bonds. The summed E-state index contributed by atoms with van der Waals surface area (Å²) in [4.78, 5) is 4.25. The van der Waals surface area contributed by atoms with E-state index in [9.17, 15) is 0 Å². The van der Waals surface area contributed by atoms with Crippen LogP contribution < -0.4 is 10.5 Å². The van der Waals surface area contributed by atoms with Gasteiger partial charge in [-0.3, -0.25) is 0 Å². The molecule has 0 saturated carbocycles. The quantitative estimate of drug-likeness (QED) is 0.896. The number of aromatic nitrogens is 1. The summed E-state index contributed by atoms with van der Waals surface area (Å²) in [5.74, 6) is 2.13. The van der Waals surface area contributed by atoms with Crippen molar-refractivity contribution in [3.8, 4) is 5.75 Å². The van der Waals surface area contributed by atoms with Crippen molar-refractivity contribution >= 4 is 5.82 Å². The van der Waals surface area contributed by atoms with Gasteiger partial charge < -0.3 is 10.5 Å². The molecule has 0 saturated heterocycles. The first-order valence-electron chi connectivity index (χ1n) is 6.67. The second-order valence-corrected chi connectivity index (χ2v) is 5.13. The van der Waals surface area contributed by atoms with Gasteiger partial charge in [0.25, 0.3) is 0 Å². The van der Waals surface area contributed by atoms with Crippen molar-refractivity contribution in [3.63, 3.8) is 0 Å². The first kappa shape index (κ1) is 12.0. The average Bonchev–Trinajstić information content (AvgIpc) is 2.43. The Bertz CT molecular complexity index is 595. The van der Waals surface area contributed by atoms with Crippen molar-refractivity contribution in [1.29, 1.82) is 0 Å². The lowest BCUT2D eigenvalue weighted by Crippen LogP contribution is -2.16. The number of fused-ring (bicyclic) bond motifs is 1. The minimum absolute atomic E-state index is 0.468. The minimum atomic E-state index is 0.468. The lowest BCUT2D eigenvalue weighted by Gasteiger charge is -2.26. The third kappa shape index (κ3) is 2.41. The third-order valence-electron chi connectivity index (χ3n) is 3.69. The van der Waals surface area contributed by atoms with Crippen LogP contribution in [0.15, 0.2) is 36.5 Å². The second kappa shape index (κ2) is 4.92. The fraction of sp³-hybridized carbons (Fsp3) is 0.312. The molecule has 1 aliphatic heterocycles. The normalized spacial score (nSPS) is 17.6. The highest BCUT2D eigenvalue weighted by atomic mass is 16.5. The van der Waals surface area contributed by atoms with Crippen LogP contribution in [0.1, 0.15) is 29.0 Å². The summed E-state index contributed by atoms with van der Waals surface area (Å²) in [5.41, 5.74) is 9.57. The van der Waals surface area contributed by atoms with Gasteiger partial charge in [-0.25, -0.2) is 4.98 Å². The molecule has 0 fully saturated rings. The van der Waals surface area contributed by atoms with Crippen LogP contribution in [0, 0.1) is 6.92 Å². The van der Waals surface area contributed by atoms with E-state index in [2.05, 4.69) is 23.2 Å². The van der Waals surface area contributed by atoms with Crippen LogP contribution in [0.5, 0.6) is 5.75 Å². The number of hydrogen-bond donors (Lipinski definition) is 1. The molecule has 0 radical (unpaired) electrons. The molecular weight excluding hydrogens is 236 g/mol. The number of nitrogens with zero attached hydrogens (tertiary/aromatic N) is 1. The predicted molar refractivity (Wildman–Crippen MR) is 76.4 cm³/mol. The van der Waals surface area contributed by atoms with Crippen molar-refractivity contribution in [2.75, 3.05) is 12.3 Å². The molecule has 3 heteroatoms. The molecule has 1 aromatic heterocycles. The summed E-state index contributed by atoms with van der Waals surface area (Å²) < 4.78 is 5.70. The number of ether oxygens (including phenoxy) is 1. The van der Waals surface area contributed by atoms with Crippen LogP contribution >= 0.6 is 0 Å². The molecule has 0 aliphatic carbocycles. The van der Waals surface area contributed by atoms with Crippen LogP contribution in [0.25, 0.3) is 0 Å². The molecule has 2 N–H and O–H groups in total. The Labute approximate surface area is 113 Å². The van der Waals surface area contributed by atoms with Crippen LogP contribution in [0.4, 0.5) is 5.82 Å². The molecule has 1 unspecified atom stereocenters. The maximum atomic E-state index is 5.98. The van der Waals surface area contributed by atoms with Crippen LogP contribution in [-0.4, -0.2) is 11.6 Å². The maximum Gasteiger partial charge on any atom is 0.126 e. The van der Waals surface area contributed by atoms with E-state index in [1.165, 1.54) is 5.56 Å². The molecule has 19 heavy (non-hydrogen) atoms. The second-order valence-electron chi connectivity index (χ2n) is 5.13. The van der Waals surface area contributed by atoms with E-state index in [0.717, 1.165) is 36.3 Å². The zero-order valence-corrected chi connectivity index (χ0v) is 11.1. The highest BCUT2D eigenvalue weighted by Crippen LogP contribution is 2.36. The van der Waals surface area contributed by atoms with Gasteiger partial charge in [0, 0.05) is 6.20 Å². The van der Waals surface area contributed by atoms with E-state index in [0.29, 0.717) is 11.7 Å². The Kier molecular flexibility index (Phi) is 3.11. The highest BCUT2D eigenvalue weighted by molar-refractivity contribution is 5.44. The summed E-state index contributed by atoms with van der Waals surface area (Å²) in [6, 6.07) is 10.4. The van der Waals surface area contributed by atoms with Gasteiger partial charge in [0.1, 0.15) is 11.6 Å². The summed E-state index contributed by atoms with van der Waals surface area (Å²) in [6.07, 6.45) is 3.78. The number of hydrogen-bond acceptors (Lipinski definition) is 3. The molecule has 0 bridgehead atoms. The fourth-order valence-electron chi connectivity index (χ4n) is 2.70. The third-order valence-corrected chi connectivity index (χ3v) is 3.69. The molecular formula is C16H18N2O. The summed E-state index contributed by atoms with van der Waals surface area (Å²) in [5, 5.41) is 0. The number of pyridine rings is 1. The fourth-order valence-corrected chi connectivity index (χ4v) is 2.70. The van der Waals surface area contributed by atoms with Crippen molar-refractivity contribution in [2.24, 2.45) is 0 Å². The van der Waals surface area contributed by atoms with Crippen molar-refractivity contribution in [1.82, 2.24) is 4.98 Å². The van der Waals surface area contributed by atoms with Gasteiger partial charge in [-0.15, -0.1) is 0 Å². The van der Waals surface area contributed by atoms with Gasteiger partial charge in [0.05, 0.1) is 6.61 Å². The molecule has 1 aliphatic rings. The van der Waals surface area contributed by atoms with E-state index in [4.69, 9.17) is 10.5 Å². The van der Waals surface area contributed by atoms with E-state index in [1.54, 1.807) is 0 Å². The summed E-state index contributed by atoms with van der Waals surface area (Å²) in [7, 11) is 0. The first-order chi connectivity index (χ1) is 9.24. The number of nitrogen functional groups attached to an aromatic ring is 1. The predicted octanol–water partition coefficient (Wildman–Crippen LogP) is 3.08. The molecule has 3 rings (SSSR count). The topological polar surface area (TPSA) is 48.1 Å². The van der Waals surface area contributed by atoms with Gasteiger partial charge in [-0.1, -0.05) is 24.3 Å². The zero-order chi connectivity index (χ0) is 13.2. The van der Waals surface area contributed by atoms with Gasteiger partial charge in [0.15, 0.2) is 0 Å². The Balaban J connectivity index is 1.90. The van der Waals surface area contributed by atoms with Crippen molar-refractivity contribution < 1.29 is 4.74 Å². The standard InChI is InChI=1S/C16H18N2O/c1-11-8-13(16(17)18-10-11)9-12-6-7-19-15-5-3-2-4-14(12)15/h2-5,8,10,12H,6-7,9H2,1H3,(H2,17,18). The number of nitrogens with two attached hydrogens (primary N) is 1. The lowest BCUT2D eigenvalue weighted by molar-refractivity contribution is 0.266. The zero-order valence-electron chi connectivity index (χ0n) is 11.1. The Morgan fingerprint density at radius 3 is 3.11 bits per heavy atom. The molecule has 3 nitrogen and oxygen atoms in total. The van der Waals surface area contributed by atoms with E-state index >= 15 is 0 Å². The Hall–Kier alpha value is -2.03. The van der Waals surface area contributed by atoms with Crippen LogP contribution in [0.3, 0.4) is 0 Å². The molecule has 1 aromatic carbocycles. The maximum absolute atomic E-state index is 5.98. The molecule has 0 spiro atoms. The van der Waals surface area contributed by atoms with Gasteiger partial charge in [-0.2, -0.15) is 0 Å². The largest absolute Gasteiger partial charge is 0.493 e. The molecule has 2 heterocycles. The van der Waals surface area contributed by atoms with Crippen LogP contribution in [0.2, 0.25) is 0 Å². The smallest absolute Gasteiger partial charge is 0.126 e. The number of benzene rings is 1. The number of anilines is 1. The number of para-hydroxylation sites is 1. The molecule has 1 atom stereocenters. The van der Waals surface area contributed by atoms with E-state index < -0.39 is 0 Å². The SMILES string of the molecule is Cc1cnc(N)c(CC2CCOc3ccccc32)c1. The summed E-state index contributed by atoms with van der Waals surface area (Å²) >= 11 is 0. The monoisotopic (exact) mass is 254 g/mol. The number of aryl methyl sites for hydroxylation is 1. The molecule has 98 valence electrons. The molecule has 2 aromatic rings. The minimum Gasteiger partial charge on any atom is -0.493 e. The van der Waals surface area contributed by atoms with Crippen LogP contribution in [-0.2, 0) is 6.42 Å². The lowest BCUT2D eigenvalue weighted by atomic mass is 9.87. The van der Waals surface area contributed by atoms with Gasteiger partial charge in [0.2, 0.25) is 0 Å². The van der Waals surface area contributed by atoms with Crippen molar-refractivity contribution in [2.45, 2.75) is 25.7 Å². The van der Waals surface area contributed by atoms with Gasteiger partial charge in [-0.05, 0) is 48.4 Å². The Morgan fingerprint density at radius 2 is 2.21 bits per heavy atom. The van der Waals surface area contributed by atoms with E-state index in [-0.39, 0.29) is 0 Å².